The monoisotopic (exact) mass is 1030 g/mol. The molecule has 0 spiro atoms. The molecule has 0 saturated carbocycles. The highest BCUT2D eigenvalue weighted by Gasteiger charge is 2.33. The van der Waals surface area contributed by atoms with Gasteiger partial charge in [-0.2, -0.15) is 5.10 Å². The molecule has 2 saturated heterocycles. The Morgan fingerprint density at radius 3 is 2.52 bits per heavy atom. The molecule has 388 valence electrons. The summed E-state index contributed by atoms with van der Waals surface area (Å²) >= 11 is 1.44. The van der Waals surface area contributed by atoms with Gasteiger partial charge >= 0.3 is 5.97 Å². The molecule has 0 radical (unpaired) electrons. The third-order valence-corrected chi connectivity index (χ3v) is 15.3. The van der Waals surface area contributed by atoms with Gasteiger partial charge in [-0.15, -0.1) is 0 Å². The Labute approximate surface area is 440 Å². The lowest BCUT2D eigenvalue weighted by Crippen LogP contribution is -2.40. The normalized spacial score (nSPS) is 17.2. The third kappa shape index (κ3) is 11.4. The van der Waals surface area contributed by atoms with Crippen molar-refractivity contribution in [3.05, 3.63) is 125 Å². The number of nitrogens with zero attached hydrogens (tertiary/aromatic N) is 6. The summed E-state index contributed by atoms with van der Waals surface area (Å²) in [5.74, 6) is -0.172. The fourth-order valence-electron chi connectivity index (χ4n) is 10.8. The molecule has 16 nitrogen and oxygen atoms in total. The highest BCUT2D eigenvalue weighted by molar-refractivity contribution is 7.22. The van der Waals surface area contributed by atoms with Crippen LogP contribution in [0.25, 0.3) is 32.2 Å². The molecule has 7 aromatic rings. The zero-order valence-electron chi connectivity index (χ0n) is 43.2. The topological polar surface area (TPSA) is 190 Å². The van der Waals surface area contributed by atoms with Crippen LogP contribution in [0, 0.1) is 12.8 Å². The lowest BCUT2D eigenvalue weighted by atomic mass is 9.92. The van der Waals surface area contributed by atoms with Crippen LogP contribution in [-0.2, 0) is 39.1 Å². The number of hydrogen-bond acceptors (Lipinski definition) is 13. The molecule has 0 aliphatic carbocycles. The van der Waals surface area contributed by atoms with Gasteiger partial charge in [-0.3, -0.25) is 39.4 Å². The van der Waals surface area contributed by atoms with Gasteiger partial charge in [0.2, 0.25) is 17.7 Å². The van der Waals surface area contributed by atoms with Crippen LogP contribution in [0.4, 0.5) is 16.6 Å². The number of fused-ring (bicyclic) bond motifs is 3. The van der Waals surface area contributed by atoms with Crippen molar-refractivity contribution in [3.8, 4) is 16.9 Å². The summed E-state index contributed by atoms with van der Waals surface area (Å²) in [6.07, 6.45) is 6.35. The van der Waals surface area contributed by atoms with Gasteiger partial charge in [0.05, 0.1) is 46.2 Å². The minimum Gasteiger partial charge on any atom is -0.493 e. The molecule has 4 aromatic carbocycles. The van der Waals surface area contributed by atoms with Crippen molar-refractivity contribution >= 4 is 78.7 Å². The van der Waals surface area contributed by atoms with Gasteiger partial charge in [-0.25, -0.2) is 14.8 Å². The first kappa shape index (κ1) is 51.0. The highest BCUT2D eigenvalue weighted by atomic mass is 32.1. The number of likely N-dealkylation sites (tertiary alicyclic amines) is 1. The smallest absolute Gasteiger partial charge is 0.358 e. The van der Waals surface area contributed by atoms with Crippen LogP contribution >= 0.6 is 11.3 Å². The number of anilines is 3. The number of piperidine rings is 2. The van der Waals surface area contributed by atoms with Crippen LogP contribution in [0.1, 0.15) is 115 Å². The molecule has 3 aliphatic heterocycles. The maximum atomic E-state index is 14.1. The number of unbranched alkanes of at least 4 members (excludes halogenated alkanes) is 1. The number of amides is 4. The van der Waals surface area contributed by atoms with Crippen molar-refractivity contribution in [2.75, 3.05) is 48.3 Å². The molecule has 2 fully saturated rings. The average molecular weight is 1030 g/mol. The Bertz CT molecular complexity index is 3310. The predicted octanol–water partition coefficient (Wildman–Crippen LogP) is 9.74. The van der Waals surface area contributed by atoms with E-state index in [0.717, 1.165) is 94.3 Å². The first-order valence-electron chi connectivity index (χ1n) is 26.0. The van der Waals surface area contributed by atoms with Crippen LogP contribution in [0.3, 0.4) is 0 Å². The van der Waals surface area contributed by atoms with E-state index in [-0.39, 0.29) is 42.3 Å². The van der Waals surface area contributed by atoms with Gasteiger partial charge in [0.1, 0.15) is 17.2 Å². The van der Waals surface area contributed by atoms with E-state index in [1.165, 1.54) is 11.3 Å². The van der Waals surface area contributed by atoms with Gasteiger partial charge in [0, 0.05) is 49.6 Å². The molecule has 17 heteroatoms. The van der Waals surface area contributed by atoms with Crippen LogP contribution in [0.5, 0.6) is 5.75 Å². The number of benzene rings is 4. The molecule has 4 amide bonds. The van der Waals surface area contributed by atoms with E-state index in [9.17, 15) is 24.0 Å². The fourth-order valence-corrected chi connectivity index (χ4v) is 11.6. The molecule has 0 bridgehead atoms. The number of hydrogen-bond donors (Lipinski definition) is 3. The third-order valence-electron chi connectivity index (χ3n) is 14.4. The summed E-state index contributed by atoms with van der Waals surface area (Å²) in [4.78, 5) is 79.8. The SMILES string of the molecule is Cc1c(OCCCC[C@@H]2CCCN(CC(=O)Nc3cccc4c(C5CCC(=O)NC5=O)nn(C)c34)C2)cccc1-c1ccc(N2CCc3cccc(C(=O)Nc4nc5ccccc5s4)c3C2)nc1C(=O)OC(C)(C)C. The molecule has 3 N–H and O–H groups in total. The number of rotatable bonds is 15. The molecule has 75 heavy (non-hydrogen) atoms. The van der Waals surface area contributed by atoms with E-state index in [2.05, 4.69) is 41.9 Å². The first-order chi connectivity index (χ1) is 36.2. The molecule has 6 heterocycles. The van der Waals surface area contributed by atoms with Gasteiger partial charge in [-0.05, 0) is 150 Å². The van der Waals surface area contributed by atoms with Gasteiger partial charge in [-0.1, -0.05) is 59.9 Å². The van der Waals surface area contributed by atoms with Crippen LogP contribution in [0.2, 0.25) is 0 Å². The highest BCUT2D eigenvalue weighted by Crippen LogP contribution is 2.37. The molecule has 10 rings (SSSR count). The van der Waals surface area contributed by atoms with Gasteiger partial charge < -0.3 is 19.7 Å². The van der Waals surface area contributed by atoms with Crippen LogP contribution in [-0.4, -0.2) is 92.6 Å². The summed E-state index contributed by atoms with van der Waals surface area (Å²) in [6.45, 7) is 11.1. The van der Waals surface area contributed by atoms with Crippen LogP contribution in [0.15, 0.2) is 91.0 Å². The number of imide groups is 1. The molecule has 3 aliphatic rings. The molecule has 3 aromatic heterocycles. The van der Waals surface area contributed by atoms with Crippen molar-refractivity contribution < 1.29 is 33.4 Å². The minimum atomic E-state index is -0.753. The van der Waals surface area contributed by atoms with Crippen molar-refractivity contribution in [2.24, 2.45) is 13.0 Å². The number of ether oxygens (including phenoxy) is 2. The number of thiazole rings is 1. The van der Waals surface area contributed by atoms with Gasteiger partial charge in [0.25, 0.3) is 5.91 Å². The fraction of sp³-hybridized carbons (Fsp3) is 0.379. The van der Waals surface area contributed by atoms with E-state index >= 15 is 0 Å². The Balaban J connectivity index is 0.754. The summed E-state index contributed by atoms with van der Waals surface area (Å²) < 4.78 is 15.1. The summed E-state index contributed by atoms with van der Waals surface area (Å²) in [6, 6.07) is 29.0. The van der Waals surface area contributed by atoms with E-state index in [0.29, 0.717) is 71.9 Å². The maximum Gasteiger partial charge on any atom is 0.358 e. The molecule has 1 unspecified atom stereocenters. The Hall–Kier alpha value is -7.50. The predicted molar refractivity (Wildman–Crippen MR) is 291 cm³/mol. The van der Waals surface area contributed by atoms with Crippen molar-refractivity contribution in [1.29, 1.82) is 0 Å². The van der Waals surface area contributed by atoms with E-state index in [4.69, 9.17) is 14.5 Å². The second-order valence-electron chi connectivity index (χ2n) is 20.9. The number of pyridine rings is 1. The largest absolute Gasteiger partial charge is 0.493 e. The quantitative estimate of drug-likeness (QED) is 0.0502. The standard InChI is InChI=1S/C58H63N9O7S/c1-35-38(39-24-26-48(61-52(39)56(72)74-58(2,3)4)67-30-28-37-16-10-18-40(43(37)33-67)54(70)63-57-60-44-20-6-7-23-47(44)75-57)17-12-22-46(35)73-31-9-8-14-36-15-13-29-66(32-36)34-50(69)59-45-21-11-19-41-51(64-65(5)53(41)45)42-25-27-49(68)62-55(42)71/h6-7,10-12,16-24,26,36,42H,8-9,13-15,25,27-34H2,1-5H3,(H,59,69)(H,60,63,70)(H,62,68,71)/t36-,42?/m1/s1. The Morgan fingerprint density at radius 2 is 1.69 bits per heavy atom. The molecular formula is C58H63N9O7S. The van der Waals surface area contributed by atoms with E-state index in [1.807, 2.05) is 113 Å². The molecular weight excluding hydrogens is 967 g/mol. The number of esters is 1. The zero-order chi connectivity index (χ0) is 52.4. The number of para-hydroxylation sites is 2. The Morgan fingerprint density at radius 1 is 0.867 bits per heavy atom. The molecule has 2 atom stereocenters. The number of aromatic nitrogens is 4. The number of carbonyl (C=O) groups is 5. The lowest BCUT2D eigenvalue weighted by Gasteiger charge is -2.32. The van der Waals surface area contributed by atoms with Gasteiger partial charge in [0.15, 0.2) is 10.8 Å². The first-order valence-corrected chi connectivity index (χ1v) is 26.8. The number of carbonyl (C=O) groups excluding carboxylic acids is 5. The van der Waals surface area contributed by atoms with E-state index in [1.54, 1.807) is 11.7 Å². The summed E-state index contributed by atoms with van der Waals surface area (Å²) in [5, 5.41) is 14.6. The summed E-state index contributed by atoms with van der Waals surface area (Å²) in [7, 11) is 1.80. The number of nitrogens with one attached hydrogen (secondary N) is 3. The lowest BCUT2D eigenvalue weighted by molar-refractivity contribution is -0.134. The zero-order valence-corrected chi connectivity index (χ0v) is 44.0. The maximum absolute atomic E-state index is 14.1. The van der Waals surface area contributed by atoms with E-state index < -0.39 is 17.5 Å². The van der Waals surface area contributed by atoms with Crippen molar-refractivity contribution in [1.82, 2.24) is 30.0 Å². The summed E-state index contributed by atoms with van der Waals surface area (Å²) in [5.41, 5.74) is 7.23. The average Bonchev–Trinajstić information content (AvgIpc) is 3.98. The number of aryl methyl sites for hydroxylation is 1. The van der Waals surface area contributed by atoms with Crippen LogP contribution < -0.4 is 25.6 Å². The van der Waals surface area contributed by atoms with Crippen molar-refractivity contribution in [3.63, 3.8) is 0 Å². The van der Waals surface area contributed by atoms with Crippen molar-refractivity contribution in [2.45, 2.75) is 97.1 Å². The second kappa shape index (κ2) is 21.8. The Kier molecular flexibility index (Phi) is 14.8. The minimum absolute atomic E-state index is 0.102. The second-order valence-corrected chi connectivity index (χ2v) is 21.9.